The first-order valence-corrected chi connectivity index (χ1v) is 8.94. The highest BCUT2D eigenvalue weighted by Crippen LogP contribution is 2.25. The summed E-state index contributed by atoms with van der Waals surface area (Å²) in [4.78, 5) is 8.47. The number of nitrogens with one attached hydrogen (secondary N) is 1. The van der Waals surface area contributed by atoms with Crippen molar-refractivity contribution in [1.29, 1.82) is 0 Å². The van der Waals surface area contributed by atoms with Gasteiger partial charge in [-0.15, -0.1) is 0 Å². The zero-order valence-electron chi connectivity index (χ0n) is 14.0. The van der Waals surface area contributed by atoms with Crippen molar-refractivity contribution < 1.29 is 0 Å². The quantitative estimate of drug-likeness (QED) is 0.739. The molecule has 2 heterocycles. The minimum absolute atomic E-state index is 0.946. The number of rotatable bonds is 9. The SMILES string of the molecule is CCCN(CCC)CCCC1CCN(c2ccc[nH]2)CC1. The van der Waals surface area contributed by atoms with Gasteiger partial charge >= 0.3 is 0 Å². The smallest absolute Gasteiger partial charge is 0.105 e. The highest BCUT2D eigenvalue weighted by atomic mass is 15.2. The Morgan fingerprint density at radius 2 is 1.86 bits per heavy atom. The standard InChI is InChI=1S/C18H33N3/c1-3-12-20(13-4-2)14-6-7-17-9-15-21(16-10-17)18-8-5-11-19-18/h5,8,11,17,19H,3-4,6-7,9-10,12-16H2,1-2H3. The molecule has 1 aliphatic heterocycles. The van der Waals surface area contributed by atoms with E-state index in [1.54, 1.807) is 0 Å². The summed E-state index contributed by atoms with van der Waals surface area (Å²) in [5.74, 6) is 2.24. The highest BCUT2D eigenvalue weighted by Gasteiger charge is 2.19. The molecule has 3 heteroatoms. The molecule has 0 aromatic carbocycles. The lowest BCUT2D eigenvalue weighted by atomic mass is 9.92. The van der Waals surface area contributed by atoms with Crippen LogP contribution < -0.4 is 4.90 Å². The molecule has 0 bridgehead atoms. The van der Waals surface area contributed by atoms with Crippen LogP contribution in [-0.4, -0.2) is 42.6 Å². The minimum atomic E-state index is 0.946. The number of hydrogen-bond donors (Lipinski definition) is 1. The molecule has 0 radical (unpaired) electrons. The zero-order valence-corrected chi connectivity index (χ0v) is 14.0. The van der Waals surface area contributed by atoms with Gasteiger partial charge in [0.1, 0.15) is 5.82 Å². The van der Waals surface area contributed by atoms with E-state index in [2.05, 4.69) is 40.8 Å². The number of piperidine rings is 1. The largest absolute Gasteiger partial charge is 0.358 e. The molecule has 1 saturated heterocycles. The summed E-state index contributed by atoms with van der Waals surface area (Å²) in [6.07, 6.45) is 10.1. The fourth-order valence-electron chi connectivity index (χ4n) is 3.55. The number of aromatic nitrogens is 1. The third kappa shape index (κ3) is 5.39. The van der Waals surface area contributed by atoms with Gasteiger partial charge in [-0.25, -0.2) is 0 Å². The molecule has 21 heavy (non-hydrogen) atoms. The van der Waals surface area contributed by atoms with Gasteiger partial charge in [-0.05, 0) is 76.2 Å². The maximum absolute atomic E-state index is 3.33. The van der Waals surface area contributed by atoms with Gasteiger partial charge < -0.3 is 14.8 Å². The third-order valence-electron chi connectivity index (χ3n) is 4.70. The van der Waals surface area contributed by atoms with Crippen LogP contribution in [0.1, 0.15) is 52.4 Å². The van der Waals surface area contributed by atoms with E-state index in [-0.39, 0.29) is 0 Å². The van der Waals surface area contributed by atoms with Gasteiger partial charge in [-0.1, -0.05) is 13.8 Å². The Balaban J connectivity index is 1.62. The average molecular weight is 291 g/mol. The van der Waals surface area contributed by atoms with Gasteiger partial charge in [0.05, 0.1) is 0 Å². The molecule has 0 amide bonds. The number of aromatic amines is 1. The Bertz CT molecular complexity index is 347. The molecule has 1 fully saturated rings. The van der Waals surface area contributed by atoms with E-state index in [4.69, 9.17) is 0 Å². The lowest BCUT2D eigenvalue weighted by Crippen LogP contribution is -2.34. The number of nitrogens with zero attached hydrogens (tertiary/aromatic N) is 2. The van der Waals surface area contributed by atoms with Crippen molar-refractivity contribution in [2.75, 3.05) is 37.6 Å². The second-order valence-electron chi connectivity index (χ2n) is 6.47. The fraction of sp³-hybridized carbons (Fsp3) is 0.778. The summed E-state index contributed by atoms with van der Waals surface area (Å²) in [6, 6.07) is 4.28. The van der Waals surface area contributed by atoms with Crippen molar-refractivity contribution in [2.45, 2.75) is 52.4 Å². The molecule has 1 N–H and O–H groups in total. The monoisotopic (exact) mass is 291 g/mol. The van der Waals surface area contributed by atoms with Crippen LogP contribution in [0.25, 0.3) is 0 Å². The topological polar surface area (TPSA) is 22.3 Å². The number of hydrogen-bond acceptors (Lipinski definition) is 2. The summed E-state index contributed by atoms with van der Waals surface area (Å²) in [7, 11) is 0. The molecule has 2 rings (SSSR count). The van der Waals surface area contributed by atoms with Gasteiger partial charge in [0, 0.05) is 19.3 Å². The molecule has 0 saturated carbocycles. The molecule has 120 valence electrons. The summed E-state index contributed by atoms with van der Waals surface area (Å²) in [5.41, 5.74) is 0. The van der Waals surface area contributed by atoms with Crippen LogP contribution in [0.2, 0.25) is 0 Å². The zero-order chi connectivity index (χ0) is 14.9. The Kier molecular flexibility index (Phi) is 7.14. The van der Waals surface area contributed by atoms with Crippen molar-refractivity contribution in [1.82, 2.24) is 9.88 Å². The second-order valence-corrected chi connectivity index (χ2v) is 6.47. The molecular weight excluding hydrogens is 258 g/mol. The van der Waals surface area contributed by atoms with Crippen LogP contribution in [0.15, 0.2) is 18.3 Å². The third-order valence-corrected chi connectivity index (χ3v) is 4.70. The second kappa shape index (κ2) is 9.14. The molecule has 0 unspecified atom stereocenters. The van der Waals surface area contributed by atoms with Crippen LogP contribution in [-0.2, 0) is 0 Å². The Morgan fingerprint density at radius 3 is 2.43 bits per heavy atom. The van der Waals surface area contributed by atoms with Gasteiger partial charge in [0.15, 0.2) is 0 Å². The maximum atomic E-state index is 3.33. The summed E-state index contributed by atoms with van der Waals surface area (Å²) < 4.78 is 0. The van der Waals surface area contributed by atoms with E-state index < -0.39 is 0 Å². The summed E-state index contributed by atoms with van der Waals surface area (Å²) in [5, 5.41) is 0. The lowest BCUT2D eigenvalue weighted by Gasteiger charge is -2.33. The van der Waals surface area contributed by atoms with Crippen molar-refractivity contribution in [3.63, 3.8) is 0 Å². The van der Waals surface area contributed by atoms with Crippen molar-refractivity contribution in [2.24, 2.45) is 5.92 Å². The van der Waals surface area contributed by atoms with Crippen LogP contribution in [0.5, 0.6) is 0 Å². The van der Waals surface area contributed by atoms with Crippen LogP contribution in [0, 0.1) is 5.92 Å². The van der Waals surface area contributed by atoms with E-state index in [1.807, 2.05) is 6.20 Å². The van der Waals surface area contributed by atoms with Gasteiger partial charge in [0.2, 0.25) is 0 Å². The lowest BCUT2D eigenvalue weighted by molar-refractivity contribution is 0.254. The highest BCUT2D eigenvalue weighted by molar-refractivity contribution is 5.38. The van der Waals surface area contributed by atoms with Crippen LogP contribution in [0.4, 0.5) is 5.82 Å². The van der Waals surface area contributed by atoms with Crippen molar-refractivity contribution in [3.8, 4) is 0 Å². The van der Waals surface area contributed by atoms with Crippen molar-refractivity contribution >= 4 is 5.82 Å². The molecule has 1 aliphatic rings. The Morgan fingerprint density at radius 1 is 1.14 bits per heavy atom. The Labute approximate surface area is 130 Å². The van der Waals surface area contributed by atoms with E-state index in [0.717, 1.165) is 5.92 Å². The molecule has 0 spiro atoms. The Hall–Kier alpha value is -0.960. The van der Waals surface area contributed by atoms with E-state index in [0.29, 0.717) is 0 Å². The first-order chi connectivity index (χ1) is 10.3. The predicted molar refractivity (Wildman–Crippen MR) is 92.0 cm³/mol. The molecular formula is C18H33N3. The average Bonchev–Trinajstić information content (AvgIpc) is 3.03. The van der Waals surface area contributed by atoms with Crippen molar-refractivity contribution in [3.05, 3.63) is 18.3 Å². The van der Waals surface area contributed by atoms with Crippen LogP contribution in [0.3, 0.4) is 0 Å². The normalized spacial score (nSPS) is 16.8. The van der Waals surface area contributed by atoms with Gasteiger partial charge in [0.25, 0.3) is 0 Å². The molecule has 1 aromatic heterocycles. The first kappa shape index (κ1) is 16.4. The van der Waals surface area contributed by atoms with Gasteiger partial charge in [-0.3, -0.25) is 0 Å². The first-order valence-electron chi connectivity index (χ1n) is 8.94. The maximum Gasteiger partial charge on any atom is 0.105 e. The van der Waals surface area contributed by atoms with Crippen LogP contribution >= 0.6 is 0 Å². The van der Waals surface area contributed by atoms with E-state index in [1.165, 1.54) is 77.1 Å². The number of anilines is 1. The van der Waals surface area contributed by atoms with Gasteiger partial charge in [-0.2, -0.15) is 0 Å². The molecule has 3 nitrogen and oxygen atoms in total. The fourth-order valence-corrected chi connectivity index (χ4v) is 3.55. The predicted octanol–water partition coefficient (Wildman–Crippen LogP) is 4.13. The van der Waals surface area contributed by atoms with E-state index in [9.17, 15) is 0 Å². The van der Waals surface area contributed by atoms with E-state index >= 15 is 0 Å². The summed E-state index contributed by atoms with van der Waals surface area (Å²) >= 11 is 0. The summed E-state index contributed by atoms with van der Waals surface area (Å²) in [6.45, 7) is 10.9. The molecule has 0 atom stereocenters. The molecule has 0 aliphatic carbocycles. The molecule has 1 aromatic rings. The number of H-pyrrole nitrogens is 1. The minimum Gasteiger partial charge on any atom is -0.358 e.